The van der Waals surface area contributed by atoms with Gasteiger partial charge >= 0.3 is 0 Å². The van der Waals surface area contributed by atoms with Crippen molar-refractivity contribution >= 4 is 5.82 Å². The number of rotatable bonds is 2. The van der Waals surface area contributed by atoms with Gasteiger partial charge in [-0.25, -0.2) is 9.97 Å². The highest BCUT2D eigenvalue weighted by Crippen LogP contribution is 2.40. The minimum atomic E-state index is 0.233. The quantitative estimate of drug-likeness (QED) is 0.875. The van der Waals surface area contributed by atoms with Gasteiger partial charge in [-0.05, 0) is 37.5 Å². The number of nitrogen functional groups attached to an aromatic ring is 1. The van der Waals surface area contributed by atoms with E-state index in [0.29, 0.717) is 23.0 Å². The van der Waals surface area contributed by atoms with Gasteiger partial charge in [0.1, 0.15) is 18.2 Å². The molecule has 1 aromatic rings. The summed E-state index contributed by atoms with van der Waals surface area (Å²) in [6.07, 6.45) is 5.12. The Morgan fingerprint density at radius 1 is 1.33 bits per heavy atom. The fourth-order valence-electron chi connectivity index (χ4n) is 3.07. The Bertz CT molecular complexity index is 431. The summed E-state index contributed by atoms with van der Waals surface area (Å²) in [5.41, 5.74) is 6.96. The Labute approximate surface area is 109 Å². The first kappa shape index (κ1) is 13.1. The lowest BCUT2D eigenvalue weighted by molar-refractivity contribution is 0.0527. The van der Waals surface area contributed by atoms with Crippen LogP contribution in [0, 0.1) is 18.3 Å². The fraction of sp³-hybridized carbons (Fsp3) is 0.714. The molecule has 1 heterocycles. The van der Waals surface area contributed by atoms with E-state index in [1.54, 1.807) is 0 Å². The van der Waals surface area contributed by atoms with Gasteiger partial charge in [-0.3, -0.25) is 0 Å². The number of hydrogen-bond acceptors (Lipinski definition) is 4. The van der Waals surface area contributed by atoms with Crippen LogP contribution >= 0.6 is 0 Å². The highest BCUT2D eigenvalue weighted by molar-refractivity contribution is 5.43. The predicted octanol–water partition coefficient (Wildman–Crippen LogP) is 2.96. The molecule has 0 spiro atoms. The van der Waals surface area contributed by atoms with Gasteiger partial charge in [0.15, 0.2) is 0 Å². The molecule has 100 valence electrons. The van der Waals surface area contributed by atoms with E-state index in [4.69, 9.17) is 10.5 Å². The van der Waals surface area contributed by atoms with Crippen molar-refractivity contribution in [2.45, 2.75) is 53.1 Å². The zero-order valence-electron chi connectivity index (χ0n) is 11.7. The van der Waals surface area contributed by atoms with Gasteiger partial charge in [0.2, 0.25) is 5.88 Å². The van der Waals surface area contributed by atoms with Crippen LogP contribution in [0.25, 0.3) is 0 Å². The maximum absolute atomic E-state index is 6.04. The van der Waals surface area contributed by atoms with Crippen LogP contribution in [0.15, 0.2) is 6.33 Å². The van der Waals surface area contributed by atoms with Gasteiger partial charge in [0.25, 0.3) is 0 Å². The largest absolute Gasteiger partial charge is 0.474 e. The van der Waals surface area contributed by atoms with Crippen molar-refractivity contribution in [3.8, 4) is 5.88 Å². The third kappa shape index (κ3) is 2.92. The fourth-order valence-corrected chi connectivity index (χ4v) is 3.07. The topological polar surface area (TPSA) is 61.0 Å². The van der Waals surface area contributed by atoms with Gasteiger partial charge in [-0.15, -0.1) is 0 Å². The number of nitrogens with zero attached hydrogens (tertiary/aromatic N) is 2. The normalized spacial score (nSPS) is 26.9. The first-order valence-corrected chi connectivity index (χ1v) is 6.61. The zero-order chi connectivity index (χ0) is 13.3. The molecular weight excluding hydrogens is 226 g/mol. The SMILES string of the molecule is Cc1c(N)ncnc1OC1CC(C)CC(C)(C)C1. The summed E-state index contributed by atoms with van der Waals surface area (Å²) in [6.45, 7) is 8.81. The first-order valence-electron chi connectivity index (χ1n) is 6.61. The second-order valence-corrected chi connectivity index (χ2v) is 6.34. The van der Waals surface area contributed by atoms with E-state index < -0.39 is 0 Å². The summed E-state index contributed by atoms with van der Waals surface area (Å²) in [7, 11) is 0. The molecule has 1 aliphatic carbocycles. The second kappa shape index (κ2) is 4.75. The molecule has 1 aliphatic rings. The number of anilines is 1. The van der Waals surface area contributed by atoms with Crippen molar-refractivity contribution in [1.82, 2.24) is 9.97 Å². The van der Waals surface area contributed by atoms with Gasteiger partial charge in [0, 0.05) is 0 Å². The standard InChI is InChI=1S/C14H23N3O/c1-9-5-11(7-14(3,4)6-9)18-13-10(2)12(15)16-8-17-13/h8-9,11H,5-7H2,1-4H3,(H2,15,16,17). The summed E-state index contributed by atoms with van der Waals surface area (Å²) in [4.78, 5) is 8.16. The minimum absolute atomic E-state index is 0.233. The molecule has 2 unspecified atom stereocenters. The van der Waals surface area contributed by atoms with Gasteiger partial charge in [0.05, 0.1) is 5.56 Å². The van der Waals surface area contributed by atoms with Crippen LogP contribution in [0.5, 0.6) is 5.88 Å². The van der Waals surface area contributed by atoms with Crippen LogP contribution in [-0.4, -0.2) is 16.1 Å². The third-order valence-corrected chi connectivity index (χ3v) is 3.70. The molecule has 4 nitrogen and oxygen atoms in total. The molecule has 1 saturated carbocycles. The van der Waals surface area contributed by atoms with Crippen molar-refractivity contribution in [3.63, 3.8) is 0 Å². The Morgan fingerprint density at radius 3 is 2.72 bits per heavy atom. The van der Waals surface area contributed by atoms with Crippen LogP contribution in [0.2, 0.25) is 0 Å². The Morgan fingerprint density at radius 2 is 2.06 bits per heavy atom. The van der Waals surface area contributed by atoms with Crippen LogP contribution in [0.4, 0.5) is 5.82 Å². The highest BCUT2D eigenvalue weighted by Gasteiger charge is 2.33. The minimum Gasteiger partial charge on any atom is -0.474 e. The molecule has 0 amide bonds. The third-order valence-electron chi connectivity index (χ3n) is 3.70. The zero-order valence-corrected chi connectivity index (χ0v) is 11.7. The molecule has 4 heteroatoms. The Hall–Kier alpha value is -1.32. The van der Waals surface area contributed by atoms with Gasteiger partial charge in [-0.2, -0.15) is 0 Å². The molecule has 0 saturated heterocycles. The van der Waals surface area contributed by atoms with E-state index in [9.17, 15) is 0 Å². The number of ether oxygens (including phenoxy) is 1. The summed E-state index contributed by atoms with van der Waals surface area (Å²) < 4.78 is 6.04. The molecule has 1 aromatic heterocycles. The first-order chi connectivity index (χ1) is 8.37. The summed E-state index contributed by atoms with van der Waals surface area (Å²) >= 11 is 0. The highest BCUT2D eigenvalue weighted by atomic mass is 16.5. The van der Waals surface area contributed by atoms with Crippen molar-refractivity contribution < 1.29 is 4.74 Å². The molecule has 2 rings (SSSR count). The van der Waals surface area contributed by atoms with Gasteiger partial charge < -0.3 is 10.5 Å². The second-order valence-electron chi connectivity index (χ2n) is 6.34. The van der Waals surface area contributed by atoms with Crippen LogP contribution in [0.3, 0.4) is 0 Å². The smallest absolute Gasteiger partial charge is 0.221 e. The lowest BCUT2D eigenvalue weighted by atomic mass is 9.71. The van der Waals surface area contributed by atoms with Crippen molar-refractivity contribution in [1.29, 1.82) is 0 Å². The lowest BCUT2D eigenvalue weighted by Crippen LogP contribution is -2.34. The van der Waals surface area contributed by atoms with Crippen LogP contribution in [0.1, 0.15) is 45.6 Å². The Kier molecular flexibility index (Phi) is 3.46. The van der Waals surface area contributed by atoms with E-state index in [-0.39, 0.29) is 6.10 Å². The van der Waals surface area contributed by atoms with E-state index >= 15 is 0 Å². The maximum Gasteiger partial charge on any atom is 0.221 e. The van der Waals surface area contributed by atoms with Crippen molar-refractivity contribution in [2.75, 3.05) is 5.73 Å². The lowest BCUT2D eigenvalue weighted by Gasteiger charge is -2.38. The molecule has 0 bridgehead atoms. The van der Waals surface area contributed by atoms with Crippen LogP contribution < -0.4 is 10.5 Å². The van der Waals surface area contributed by atoms with Gasteiger partial charge in [-0.1, -0.05) is 20.8 Å². The van der Waals surface area contributed by atoms with E-state index in [1.807, 2.05) is 6.92 Å². The number of aromatic nitrogens is 2. The maximum atomic E-state index is 6.04. The van der Waals surface area contributed by atoms with E-state index in [0.717, 1.165) is 18.4 Å². The average Bonchev–Trinajstić information content (AvgIpc) is 2.22. The molecule has 0 radical (unpaired) electrons. The molecule has 1 fully saturated rings. The van der Waals surface area contributed by atoms with E-state index in [1.165, 1.54) is 12.7 Å². The summed E-state index contributed by atoms with van der Waals surface area (Å²) in [5.74, 6) is 1.83. The Balaban J connectivity index is 2.11. The molecule has 18 heavy (non-hydrogen) atoms. The average molecular weight is 249 g/mol. The van der Waals surface area contributed by atoms with Crippen molar-refractivity contribution in [2.24, 2.45) is 11.3 Å². The van der Waals surface area contributed by atoms with Crippen molar-refractivity contribution in [3.05, 3.63) is 11.9 Å². The summed E-state index contributed by atoms with van der Waals surface area (Å²) in [5, 5.41) is 0. The molecule has 2 atom stereocenters. The number of nitrogens with two attached hydrogens (primary N) is 1. The monoisotopic (exact) mass is 249 g/mol. The molecule has 0 aromatic carbocycles. The van der Waals surface area contributed by atoms with E-state index in [2.05, 4.69) is 30.7 Å². The predicted molar refractivity (Wildman–Crippen MR) is 72.4 cm³/mol. The molecule has 2 N–H and O–H groups in total. The molecule has 0 aliphatic heterocycles. The number of hydrogen-bond donors (Lipinski definition) is 1. The molecular formula is C14H23N3O. The summed E-state index contributed by atoms with van der Waals surface area (Å²) in [6, 6.07) is 0. The van der Waals surface area contributed by atoms with Crippen LogP contribution in [-0.2, 0) is 0 Å².